The summed E-state index contributed by atoms with van der Waals surface area (Å²) >= 11 is 0. The molecule has 5 heteroatoms. The molecule has 148 valence electrons. The van der Waals surface area contributed by atoms with Crippen LogP contribution >= 0.6 is 0 Å². The van der Waals surface area contributed by atoms with Crippen molar-refractivity contribution in [3.05, 3.63) is 30.1 Å². The molecule has 2 aliphatic carbocycles. The Morgan fingerprint density at radius 2 is 1.81 bits per heavy atom. The van der Waals surface area contributed by atoms with Crippen LogP contribution < -0.4 is 5.32 Å². The minimum atomic E-state index is -0.325. The van der Waals surface area contributed by atoms with E-state index in [0.717, 1.165) is 31.4 Å². The molecule has 0 amide bonds. The lowest BCUT2D eigenvalue weighted by Gasteiger charge is -2.61. The van der Waals surface area contributed by atoms with Crippen molar-refractivity contribution in [2.24, 2.45) is 23.7 Å². The molecule has 3 heterocycles. The molecule has 5 aliphatic rings. The fourth-order valence-electron chi connectivity index (χ4n) is 6.33. The van der Waals surface area contributed by atoms with Crippen molar-refractivity contribution in [1.29, 1.82) is 0 Å². The molecule has 3 aliphatic heterocycles. The third-order valence-electron chi connectivity index (χ3n) is 7.85. The molecule has 5 unspecified atom stereocenters. The van der Waals surface area contributed by atoms with Crippen LogP contribution in [-0.2, 0) is 14.5 Å². The fraction of sp³-hybridized carbons (Fsp3) is 0.727. The zero-order chi connectivity index (χ0) is 18.8. The Hall–Kier alpha value is -1.17. The number of fused-ring (bicyclic) bond motifs is 2. The van der Waals surface area contributed by atoms with E-state index in [9.17, 15) is 4.39 Å². The molecule has 0 aromatic heterocycles. The van der Waals surface area contributed by atoms with Gasteiger partial charge < -0.3 is 10.1 Å². The Morgan fingerprint density at radius 3 is 2.59 bits per heavy atom. The van der Waals surface area contributed by atoms with Gasteiger partial charge in [0.1, 0.15) is 23.2 Å². The molecule has 1 spiro atoms. The van der Waals surface area contributed by atoms with E-state index in [4.69, 9.17) is 14.5 Å². The molecule has 1 N–H and O–H groups in total. The van der Waals surface area contributed by atoms with Crippen LogP contribution in [-0.4, -0.2) is 23.5 Å². The van der Waals surface area contributed by atoms with Crippen molar-refractivity contribution >= 4 is 5.69 Å². The number of benzene rings is 1. The Kier molecular flexibility index (Phi) is 4.09. The maximum Gasteiger partial charge on any atom is 0.136 e. The quantitative estimate of drug-likeness (QED) is 0.746. The maximum atomic E-state index is 13.3. The second-order valence-electron chi connectivity index (χ2n) is 9.54. The Labute approximate surface area is 160 Å². The Morgan fingerprint density at radius 1 is 1.04 bits per heavy atom. The molecular weight excluding hydrogens is 345 g/mol. The van der Waals surface area contributed by atoms with E-state index in [2.05, 4.69) is 26.1 Å². The predicted molar refractivity (Wildman–Crippen MR) is 100 cm³/mol. The summed E-state index contributed by atoms with van der Waals surface area (Å²) in [6.45, 7) is 6.77. The second-order valence-corrected chi connectivity index (χ2v) is 9.54. The smallest absolute Gasteiger partial charge is 0.136 e. The number of ether oxygens (including phenoxy) is 1. The summed E-state index contributed by atoms with van der Waals surface area (Å²) in [6, 6.07) is 6.53. The first-order valence-electron chi connectivity index (χ1n) is 10.5. The molecule has 1 aromatic carbocycles. The number of hydrogen-bond donors (Lipinski definition) is 1. The predicted octanol–water partition coefficient (Wildman–Crippen LogP) is 4.90. The van der Waals surface area contributed by atoms with Crippen LogP contribution in [0, 0.1) is 29.5 Å². The summed E-state index contributed by atoms with van der Waals surface area (Å²) in [5.74, 6) is 1.58. The third kappa shape index (κ3) is 2.65. The SMILES string of the molecule is CC1C(Nc2ccc(F)cc2)OC2C[C@]3(C)CCC4[C@H](C)CCC1[C@@]24OO3. The first-order chi connectivity index (χ1) is 12.9. The van der Waals surface area contributed by atoms with Gasteiger partial charge in [0.05, 0.1) is 6.10 Å². The molecule has 6 rings (SSSR count). The zero-order valence-corrected chi connectivity index (χ0v) is 16.4. The van der Waals surface area contributed by atoms with Gasteiger partial charge in [0.2, 0.25) is 0 Å². The van der Waals surface area contributed by atoms with Gasteiger partial charge in [0.15, 0.2) is 0 Å². The van der Waals surface area contributed by atoms with E-state index in [1.54, 1.807) is 12.1 Å². The van der Waals surface area contributed by atoms with E-state index in [0.29, 0.717) is 17.8 Å². The average Bonchev–Trinajstić information content (AvgIpc) is 2.87. The van der Waals surface area contributed by atoms with Crippen molar-refractivity contribution in [3.8, 4) is 0 Å². The standard InChI is InChI=1S/C22H30FNO3/c1-13-4-9-18-14(2)20(24-16-7-5-15(23)6-8-16)25-19-12-21(3)11-10-17(13)22(18,19)27-26-21/h5-8,13-14,17-20,24H,4,9-12H2,1-3H3/t13-,14?,17?,18?,19?,20?,21+,22-/m1/s1. The van der Waals surface area contributed by atoms with E-state index in [1.165, 1.54) is 18.6 Å². The van der Waals surface area contributed by atoms with Gasteiger partial charge in [-0.2, -0.15) is 0 Å². The van der Waals surface area contributed by atoms with Crippen molar-refractivity contribution in [3.63, 3.8) is 0 Å². The number of halogens is 1. The zero-order valence-electron chi connectivity index (χ0n) is 16.4. The largest absolute Gasteiger partial charge is 0.360 e. The van der Waals surface area contributed by atoms with Crippen LogP contribution in [0.25, 0.3) is 0 Å². The summed E-state index contributed by atoms with van der Waals surface area (Å²) in [7, 11) is 0. The van der Waals surface area contributed by atoms with Gasteiger partial charge in [-0.3, -0.25) is 0 Å². The molecule has 0 radical (unpaired) electrons. The number of nitrogens with one attached hydrogen (secondary N) is 1. The van der Waals surface area contributed by atoms with Gasteiger partial charge >= 0.3 is 0 Å². The monoisotopic (exact) mass is 375 g/mol. The first kappa shape index (κ1) is 17.9. The lowest BCUT2D eigenvalue weighted by Crippen LogP contribution is -2.70. The topological polar surface area (TPSA) is 39.7 Å². The van der Waals surface area contributed by atoms with Crippen LogP contribution in [0.1, 0.15) is 52.9 Å². The number of anilines is 1. The van der Waals surface area contributed by atoms with Gasteiger partial charge in [0, 0.05) is 23.9 Å². The van der Waals surface area contributed by atoms with Crippen LogP contribution in [0.15, 0.2) is 24.3 Å². The van der Waals surface area contributed by atoms with Gasteiger partial charge in [-0.05, 0) is 68.7 Å². The van der Waals surface area contributed by atoms with Crippen LogP contribution in [0.5, 0.6) is 0 Å². The van der Waals surface area contributed by atoms with Gasteiger partial charge in [0.25, 0.3) is 0 Å². The molecule has 5 fully saturated rings. The van der Waals surface area contributed by atoms with Crippen molar-refractivity contribution < 1.29 is 18.9 Å². The summed E-state index contributed by atoms with van der Waals surface area (Å²) in [4.78, 5) is 12.3. The summed E-state index contributed by atoms with van der Waals surface area (Å²) in [5.41, 5.74) is 0.305. The number of hydrogen-bond acceptors (Lipinski definition) is 4. The number of rotatable bonds is 2. The van der Waals surface area contributed by atoms with Crippen LogP contribution in [0.2, 0.25) is 0 Å². The van der Waals surface area contributed by atoms with Crippen LogP contribution in [0.4, 0.5) is 10.1 Å². The highest BCUT2D eigenvalue weighted by molar-refractivity contribution is 5.43. The summed E-state index contributed by atoms with van der Waals surface area (Å²) in [5, 5.41) is 3.51. The van der Waals surface area contributed by atoms with E-state index in [-0.39, 0.29) is 35.3 Å². The minimum absolute atomic E-state index is 0.0330. The average molecular weight is 375 g/mol. The first-order valence-corrected chi connectivity index (χ1v) is 10.5. The van der Waals surface area contributed by atoms with Crippen LogP contribution in [0.3, 0.4) is 0 Å². The Bertz CT molecular complexity index is 712. The van der Waals surface area contributed by atoms with Crippen molar-refractivity contribution in [2.75, 3.05) is 5.32 Å². The molecule has 27 heavy (non-hydrogen) atoms. The van der Waals surface area contributed by atoms with E-state index in [1.807, 2.05) is 0 Å². The maximum absolute atomic E-state index is 13.3. The molecule has 2 saturated carbocycles. The second kappa shape index (κ2) is 6.16. The molecule has 3 saturated heterocycles. The highest BCUT2D eigenvalue weighted by Gasteiger charge is 2.68. The minimum Gasteiger partial charge on any atom is -0.360 e. The van der Waals surface area contributed by atoms with E-state index >= 15 is 0 Å². The summed E-state index contributed by atoms with van der Waals surface area (Å²) < 4.78 is 19.9. The molecular formula is C22H30FNO3. The van der Waals surface area contributed by atoms with Crippen molar-refractivity contribution in [1.82, 2.24) is 0 Å². The highest BCUT2D eigenvalue weighted by atomic mass is 19.1. The van der Waals surface area contributed by atoms with Crippen molar-refractivity contribution in [2.45, 2.75) is 76.4 Å². The molecule has 1 aromatic rings. The van der Waals surface area contributed by atoms with Gasteiger partial charge in [-0.25, -0.2) is 14.2 Å². The molecule has 2 bridgehead atoms. The third-order valence-corrected chi connectivity index (χ3v) is 7.85. The normalized spacial score (nSPS) is 48.6. The van der Waals surface area contributed by atoms with Gasteiger partial charge in [-0.15, -0.1) is 0 Å². The lowest BCUT2D eigenvalue weighted by atomic mass is 9.56. The highest BCUT2D eigenvalue weighted by Crippen LogP contribution is 2.61. The van der Waals surface area contributed by atoms with E-state index < -0.39 is 0 Å². The summed E-state index contributed by atoms with van der Waals surface area (Å²) in [6.07, 6.45) is 5.36. The Balaban J connectivity index is 1.48. The fourth-order valence-corrected chi connectivity index (χ4v) is 6.33. The molecule has 4 nitrogen and oxygen atoms in total. The molecule has 8 atom stereocenters. The lowest BCUT2D eigenvalue weighted by molar-refractivity contribution is -0.486. The van der Waals surface area contributed by atoms with Gasteiger partial charge in [-0.1, -0.05) is 13.8 Å².